The number of fused-ring (bicyclic) bond motifs is 1. The van der Waals surface area contributed by atoms with Gasteiger partial charge in [-0.05, 0) is 37.1 Å². The van der Waals surface area contributed by atoms with Crippen LogP contribution in [0.5, 0.6) is 0 Å². The normalized spacial score (nSPS) is 14.8. The lowest BCUT2D eigenvalue weighted by molar-refractivity contribution is -0.130. The van der Waals surface area contributed by atoms with Crippen molar-refractivity contribution in [3.05, 3.63) is 42.9 Å². The predicted molar refractivity (Wildman–Crippen MR) is 124 cm³/mol. The number of benzene rings is 1. The fourth-order valence-electron chi connectivity index (χ4n) is 4.27. The van der Waals surface area contributed by atoms with Crippen molar-refractivity contribution in [1.82, 2.24) is 19.7 Å². The van der Waals surface area contributed by atoms with Gasteiger partial charge in [0.1, 0.15) is 5.76 Å². The van der Waals surface area contributed by atoms with Gasteiger partial charge in [0, 0.05) is 54.5 Å². The first-order valence-corrected chi connectivity index (χ1v) is 10.5. The van der Waals surface area contributed by atoms with Crippen molar-refractivity contribution in [2.24, 2.45) is 0 Å². The molecule has 1 amide bonds. The average molecular weight is 432 g/mol. The van der Waals surface area contributed by atoms with E-state index in [1.54, 1.807) is 25.3 Å². The summed E-state index contributed by atoms with van der Waals surface area (Å²) < 4.78 is 8.03. The lowest BCUT2D eigenvalue weighted by atomic mass is 10.0. The number of aromatic nitrogens is 3. The Kier molecular flexibility index (Phi) is 4.73. The third-order valence-corrected chi connectivity index (χ3v) is 6.16. The van der Waals surface area contributed by atoms with Gasteiger partial charge in [-0.15, -0.1) is 0 Å². The highest BCUT2D eigenvalue weighted by Crippen LogP contribution is 2.37. The van der Waals surface area contributed by atoms with Crippen molar-refractivity contribution >= 4 is 34.1 Å². The molecule has 1 aliphatic rings. The van der Waals surface area contributed by atoms with Crippen molar-refractivity contribution in [2.45, 2.75) is 25.8 Å². The molecule has 4 aromatic rings. The summed E-state index contributed by atoms with van der Waals surface area (Å²) in [6.45, 7) is 3.11. The second-order valence-corrected chi connectivity index (χ2v) is 8.20. The molecule has 1 aromatic carbocycles. The molecule has 1 fully saturated rings. The van der Waals surface area contributed by atoms with Gasteiger partial charge in [-0.2, -0.15) is 5.10 Å². The van der Waals surface area contributed by atoms with Crippen LogP contribution in [0, 0.1) is 0 Å². The molecular weight excluding hydrogens is 406 g/mol. The number of likely N-dealkylation sites (tertiary alicyclic amines) is 1. The maximum absolute atomic E-state index is 11.6. The Hall–Kier alpha value is -4.01. The number of pyridine rings is 1. The Labute approximate surface area is 184 Å². The number of piperidine rings is 1. The molecule has 0 aliphatic carbocycles. The highest BCUT2D eigenvalue weighted by Gasteiger charge is 2.23. The largest absolute Gasteiger partial charge is 0.452 e. The smallest absolute Gasteiger partial charge is 0.219 e. The van der Waals surface area contributed by atoms with E-state index in [1.165, 1.54) is 0 Å². The molecule has 0 spiro atoms. The van der Waals surface area contributed by atoms with Crippen molar-refractivity contribution in [2.75, 3.05) is 30.3 Å². The van der Waals surface area contributed by atoms with E-state index in [9.17, 15) is 4.79 Å². The Morgan fingerprint density at radius 3 is 2.56 bits per heavy atom. The van der Waals surface area contributed by atoms with Crippen LogP contribution in [-0.4, -0.2) is 38.7 Å². The van der Waals surface area contributed by atoms with Crippen LogP contribution in [0.1, 0.15) is 25.8 Å². The molecule has 1 saturated heterocycles. The molecule has 0 bridgehead atoms. The number of nitrogens with two attached hydrogens (primary N) is 3. The van der Waals surface area contributed by atoms with Crippen LogP contribution in [-0.2, 0) is 4.79 Å². The highest BCUT2D eigenvalue weighted by molar-refractivity contribution is 6.00. The van der Waals surface area contributed by atoms with Gasteiger partial charge in [0.15, 0.2) is 11.4 Å². The van der Waals surface area contributed by atoms with Gasteiger partial charge < -0.3 is 26.5 Å². The fourth-order valence-corrected chi connectivity index (χ4v) is 4.27. The summed E-state index contributed by atoms with van der Waals surface area (Å²) in [6.07, 6.45) is 7.36. The number of hydrogen-bond donors (Lipinski definition) is 3. The second-order valence-electron chi connectivity index (χ2n) is 8.20. The van der Waals surface area contributed by atoms with E-state index in [2.05, 4.69) is 10.1 Å². The van der Waals surface area contributed by atoms with Crippen LogP contribution in [0.4, 0.5) is 17.2 Å². The standard InChI is InChI=1S/C23H25N7O2/c1-13(31)29-6-4-16(5-7-29)30-12-15(10-28-30)18-11-27-23(26)22-17(18)9-21(32-22)14-2-3-19(24)20(25)8-14/h2-3,8-12,16H,4-7,24-25H2,1H3,(H2,26,27). The number of nitrogen functional groups attached to an aromatic ring is 3. The molecule has 6 N–H and O–H groups in total. The summed E-state index contributed by atoms with van der Waals surface area (Å²) in [5.41, 5.74) is 22.1. The number of rotatable bonds is 3. The summed E-state index contributed by atoms with van der Waals surface area (Å²) in [7, 11) is 0. The summed E-state index contributed by atoms with van der Waals surface area (Å²) in [4.78, 5) is 17.8. The summed E-state index contributed by atoms with van der Waals surface area (Å²) in [6, 6.07) is 7.59. The van der Waals surface area contributed by atoms with Gasteiger partial charge in [-0.1, -0.05) is 0 Å². The van der Waals surface area contributed by atoms with Gasteiger partial charge in [-0.25, -0.2) is 4.98 Å². The first kappa shape index (κ1) is 19.9. The molecule has 164 valence electrons. The van der Waals surface area contributed by atoms with Crippen LogP contribution < -0.4 is 17.2 Å². The van der Waals surface area contributed by atoms with E-state index in [1.807, 2.05) is 34.1 Å². The van der Waals surface area contributed by atoms with Gasteiger partial charge in [-0.3, -0.25) is 9.48 Å². The molecular formula is C23H25N7O2. The lowest BCUT2D eigenvalue weighted by Crippen LogP contribution is -2.37. The van der Waals surface area contributed by atoms with Crippen molar-refractivity contribution in [3.8, 4) is 22.5 Å². The number of carbonyl (C=O) groups excluding carboxylic acids is 1. The van der Waals surface area contributed by atoms with E-state index in [0.29, 0.717) is 28.5 Å². The zero-order chi connectivity index (χ0) is 22.4. The van der Waals surface area contributed by atoms with Gasteiger partial charge in [0.25, 0.3) is 0 Å². The van der Waals surface area contributed by atoms with Crippen LogP contribution in [0.2, 0.25) is 0 Å². The lowest BCUT2D eigenvalue weighted by Gasteiger charge is -2.31. The highest BCUT2D eigenvalue weighted by atomic mass is 16.3. The van der Waals surface area contributed by atoms with Crippen molar-refractivity contribution in [1.29, 1.82) is 0 Å². The molecule has 1 aliphatic heterocycles. The van der Waals surface area contributed by atoms with Crippen molar-refractivity contribution in [3.63, 3.8) is 0 Å². The zero-order valence-electron chi connectivity index (χ0n) is 17.8. The third kappa shape index (κ3) is 3.41. The number of hydrogen-bond acceptors (Lipinski definition) is 7. The minimum absolute atomic E-state index is 0.124. The van der Waals surface area contributed by atoms with Crippen LogP contribution in [0.25, 0.3) is 33.4 Å². The number of carbonyl (C=O) groups is 1. The summed E-state index contributed by atoms with van der Waals surface area (Å²) in [5, 5.41) is 5.45. The van der Waals surface area contributed by atoms with E-state index in [0.717, 1.165) is 48.0 Å². The maximum atomic E-state index is 11.6. The van der Waals surface area contributed by atoms with Gasteiger partial charge in [0.05, 0.1) is 23.6 Å². The molecule has 0 radical (unpaired) electrons. The third-order valence-electron chi connectivity index (χ3n) is 6.16. The first-order chi connectivity index (χ1) is 15.4. The minimum Gasteiger partial charge on any atom is -0.452 e. The second kappa shape index (κ2) is 7.60. The molecule has 4 heterocycles. The first-order valence-electron chi connectivity index (χ1n) is 10.5. The Morgan fingerprint density at radius 2 is 1.84 bits per heavy atom. The number of nitrogens with zero attached hydrogens (tertiary/aromatic N) is 4. The quantitative estimate of drug-likeness (QED) is 0.422. The fraction of sp³-hybridized carbons (Fsp3) is 0.261. The van der Waals surface area contributed by atoms with E-state index >= 15 is 0 Å². The number of amides is 1. The van der Waals surface area contributed by atoms with Crippen LogP contribution in [0.3, 0.4) is 0 Å². The van der Waals surface area contributed by atoms with E-state index in [4.69, 9.17) is 21.6 Å². The molecule has 0 unspecified atom stereocenters. The maximum Gasteiger partial charge on any atom is 0.219 e. The van der Waals surface area contributed by atoms with Crippen LogP contribution in [0.15, 0.2) is 47.3 Å². The Balaban J connectivity index is 1.49. The molecule has 3 aromatic heterocycles. The SMILES string of the molecule is CC(=O)N1CCC(n2cc(-c3cnc(N)c4oc(-c5ccc(N)c(N)c5)cc34)cn2)CC1. The molecule has 0 atom stereocenters. The number of anilines is 3. The zero-order valence-corrected chi connectivity index (χ0v) is 17.8. The van der Waals surface area contributed by atoms with Gasteiger partial charge >= 0.3 is 0 Å². The Bertz CT molecular complexity index is 1320. The molecule has 0 saturated carbocycles. The predicted octanol–water partition coefficient (Wildman–Crippen LogP) is 3.29. The topological polar surface area (TPSA) is 142 Å². The molecule has 32 heavy (non-hydrogen) atoms. The molecule has 5 rings (SSSR count). The summed E-state index contributed by atoms with van der Waals surface area (Å²) >= 11 is 0. The molecule has 9 nitrogen and oxygen atoms in total. The summed E-state index contributed by atoms with van der Waals surface area (Å²) in [5.74, 6) is 1.08. The average Bonchev–Trinajstić information content (AvgIpc) is 3.45. The van der Waals surface area contributed by atoms with E-state index in [-0.39, 0.29) is 11.9 Å². The minimum atomic E-state index is 0.124. The number of furan rings is 1. The van der Waals surface area contributed by atoms with Crippen LogP contribution >= 0.6 is 0 Å². The van der Waals surface area contributed by atoms with E-state index < -0.39 is 0 Å². The molecule has 9 heteroatoms. The van der Waals surface area contributed by atoms with Crippen molar-refractivity contribution < 1.29 is 9.21 Å². The Morgan fingerprint density at radius 1 is 1.06 bits per heavy atom. The van der Waals surface area contributed by atoms with Gasteiger partial charge in [0.2, 0.25) is 5.91 Å². The monoisotopic (exact) mass is 431 g/mol.